The number of rotatable bonds is 3. The van der Waals surface area contributed by atoms with E-state index in [9.17, 15) is 14.4 Å². The van der Waals surface area contributed by atoms with Crippen LogP contribution >= 0.6 is 11.3 Å². The maximum absolute atomic E-state index is 11.8. The number of nitrogens with two attached hydrogens (primary N) is 1. The Bertz CT molecular complexity index is 524. The van der Waals surface area contributed by atoms with Gasteiger partial charge in [0.2, 0.25) is 0 Å². The van der Waals surface area contributed by atoms with Crippen LogP contribution in [0.1, 0.15) is 27.7 Å². The van der Waals surface area contributed by atoms with E-state index < -0.39 is 17.8 Å². The second-order valence-corrected chi connectivity index (χ2v) is 4.86. The molecule has 1 aromatic rings. The Hall–Kier alpha value is -1.93. The maximum Gasteiger partial charge on any atom is 0.341 e. The molecule has 0 spiro atoms. The fourth-order valence-electron chi connectivity index (χ4n) is 1.39. The third-order valence-electron chi connectivity index (χ3n) is 2.43. The third-order valence-corrected chi connectivity index (χ3v) is 3.55. The van der Waals surface area contributed by atoms with Gasteiger partial charge in [-0.15, -0.1) is 11.3 Å². The van der Waals surface area contributed by atoms with Crippen molar-refractivity contribution in [3.63, 3.8) is 0 Å². The Kier molecular flexibility index (Phi) is 5.02. The van der Waals surface area contributed by atoms with Gasteiger partial charge in [-0.1, -0.05) is 0 Å². The smallest absolute Gasteiger partial charge is 0.341 e. The first-order valence-electron chi connectivity index (χ1n) is 5.51. The first kappa shape index (κ1) is 15.1. The Balaban J connectivity index is 3.07. The van der Waals surface area contributed by atoms with Crippen LogP contribution in [0.5, 0.6) is 0 Å². The number of aryl methyl sites for hydroxylation is 1. The topological polar surface area (TPSA) is 111 Å². The van der Waals surface area contributed by atoms with Crippen LogP contribution in [0.3, 0.4) is 0 Å². The molecule has 0 aliphatic heterocycles. The van der Waals surface area contributed by atoms with E-state index in [4.69, 9.17) is 10.6 Å². The van der Waals surface area contributed by atoms with E-state index in [1.54, 1.807) is 26.2 Å². The molecular weight excluding hydrogens is 270 g/mol. The summed E-state index contributed by atoms with van der Waals surface area (Å²) in [6, 6.07) is 0. The van der Waals surface area contributed by atoms with Crippen LogP contribution < -0.4 is 16.6 Å². The number of anilines is 1. The molecule has 0 aliphatic carbocycles. The van der Waals surface area contributed by atoms with Crippen molar-refractivity contribution in [3.8, 4) is 0 Å². The van der Waals surface area contributed by atoms with Crippen molar-refractivity contribution in [2.24, 2.45) is 5.84 Å². The monoisotopic (exact) mass is 285 g/mol. The van der Waals surface area contributed by atoms with E-state index in [1.807, 2.05) is 0 Å². The molecule has 1 rings (SSSR count). The minimum Gasteiger partial charge on any atom is -0.462 e. The Morgan fingerprint density at radius 3 is 2.42 bits per heavy atom. The van der Waals surface area contributed by atoms with Gasteiger partial charge in [-0.2, -0.15) is 0 Å². The highest BCUT2D eigenvalue weighted by molar-refractivity contribution is 7.17. The number of carbonyl (C=O) groups excluding carboxylic acids is 3. The van der Waals surface area contributed by atoms with E-state index in [0.717, 1.165) is 4.88 Å². The van der Waals surface area contributed by atoms with E-state index in [0.29, 0.717) is 5.56 Å². The van der Waals surface area contributed by atoms with E-state index >= 15 is 0 Å². The van der Waals surface area contributed by atoms with Crippen LogP contribution in [0, 0.1) is 13.8 Å². The number of hydrogen-bond acceptors (Lipinski definition) is 6. The van der Waals surface area contributed by atoms with Gasteiger partial charge in [-0.05, 0) is 26.3 Å². The third kappa shape index (κ3) is 3.30. The van der Waals surface area contributed by atoms with Crippen molar-refractivity contribution in [2.75, 3.05) is 11.9 Å². The number of carbonyl (C=O) groups is 3. The van der Waals surface area contributed by atoms with Gasteiger partial charge < -0.3 is 10.1 Å². The lowest BCUT2D eigenvalue weighted by molar-refractivity contribution is -0.136. The van der Waals surface area contributed by atoms with Gasteiger partial charge in [0.25, 0.3) is 0 Å². The van der Waals surface area contributed by atoms with Gasteiger partial charge in [0.1, 0.15) is 5.00 Å². The van der Waals surface area contributed by atoms with E-state index in [-0.39, 0.29) is 17.2 Å². The summed E-state index contributed by atoms with van der Waals surface area (Å²) < 4.78 is 4.92. The predicted octanol–water partition coefficient (Wildman–Crippen LogP) is 0.470. The summed E-state index contributed by atoms with van der Waals surface area (Å²) in [4.78, 5) is 35.2. The zero-order chi connectivity index (χ0) is 14.6. The van der Waals surface area contributed by atoms with Crippen LogP contribution in [0.25, 0.3) is 0 Å². The normalized spacial score (nSPS) is 9.89. The summed E-state index contributed by atoms with van der Waals surface area (Å²) in [6.45, 7) is 5.47. The van der Waals surface area contributed by atoms with Crippen LogP contribution in [-0.2, 0) is 14.3 Å². The maximum atomic E-state index is 11.8. The van der Waals surface area contributed by atoms with Gasteiger partial charge in [-0.3, -0.25) is 15.0 Å². The van der Waals surface area contributed by atoms with Crippen LogP contribution in [-0.4, -0.2) is 24.4 Å². The number of amides is 2. The molecule has 0 aliphatic rings. The van der Waals surface area contributed by atoms with Gasteiger partial charge in [-0.25, -0.2) is 10.6 Å². The predicted molar refractivity (Wildman–Crippen MR) is 70.7 cm³/mol. The quantitative estimate of drug-likeness (QED) is 0.246. The summed E-state index contributed by atoms with van der Waals surface area (Å²) >= 11 is 1.20. The Morgan fingerprint density at radius 2 is 1.89 bits per heavy atom. The average molecular weight is 285 g/mol. The van der Waals surface area contributed by atoms with Gasteiger partial charge >= 0.3 is 17.8 Å². The molecule has 0 fully saturated rings. The lowest BCUT2D eigenvalue weighted by Gasteiger charge is -2.06. The highest BCUT2D eigenvalue weighted by atomic mass is 32.1. The van der Waals surface area contributed by atoms with Crippen molar-refractivity contribution in [2.45, 2.75) is 20.8 Å². The molecule has 1 heterocycles. The molecule has 7 nitrogen and oxygen atoms in total. The van der Waals surface area contributed by atoms with Gasteiger partial charge in [0.15, 0.2) is 0 Å². The van der Waals surface area contributed by atoms with Gasteiger partial charge in [0, 0.05) is 4.88 Å². The highest BCUT2D eigenvalue weighted by Gasteiger charge is 2.23. The molecule has 0 saturated carbocycles. The summed E-state index contributed by atoms with van der Waals surface area (Å²) in [6.07, 6.45) is 0. The molecule has 0 atom stereocenters. The van der Waals surface area contributed by atoms with Crippen LogP contribution in [0.15, 0.2) is 0 Å². The lowest BCUT2D eigenvalue weighted by atomic mass is 10.1. The minimum atomic E-state index is -0.987. The first-order valence-corrected chi connectivity index (χ1v) is 6.33. The zero-order valence-electron chi connectivity index (χ0n) is 10.8. The summed E-state index contributed by atoms with van der Waals surface area (Å²) in [5, 5.41) is 2.63. The second kappa shape index (κ2) is 6.30. The van der Waals surface area contributed by atoms with Crippen molar-refractivity contribution in [1.29, 1.82) is 0 Å². The number of ether oxygens (including phenoxy) is 1. The Labute approximate surface area is 114 Å². The number of esters is 1. The van der Waals surface area contributed by atoms with E-state index in [1.165, 1.54) is 11.3 Å². The molecule has 0 radical (unpaired) electrons. The minimum absolute atomic E-state index is 0.226. The van der Waals surface area contributed by atoms with Crippen molar-refractivity contribution in [1.82, 2.24) is 5.43 Å². The molecule has 2 amide bonds. The molecule has 0 aromatic carbocycles. The fraction of sp³-hybridized carbons (Fsp3) is 0.364. The summed E-state index contributed by atoms with van der Waals surface area (Å²) in [5.41, 5.74) is 2.70. The second-order valence-electron chi connectivity index (χ2n) is 3.64. The lowest BCUT2D eigenvalue weighted by Crippen LogP contribution is -2.39. The molecule has 19 heavy (non-hydrogen) atoms. The summed E-state index contributed by atoms with van der Waals surface area (Å²) in [7, 11) is 0. The largest absolute Gasteiger partial charge is 0.462 e. The standard InChI is InChI=1S/C11H15N3O4S/c1-4-18-11(17)7-5(2)6(3)19-10(7)13-8(15)9(16)14-12/h4,12H2,1-3H3,(H,13,15)(H,14,16). The van der Waals surface area contributed by atoms with Crippen molar-refractivity contribution < 1.29 is 19.1 Å². The highest BCUT2D eigenvalue weighted by Crippen LogP contribution is 2.32. The SMILES string of the molecule is CCOC(=O)c1c(NC(=O)C(=O)NN)sc(C)c1C. The number of hydrogen-bond donors (Lipinski definition) is 3. The van der Waals surface area contributed by atoms with E-state index in [2.05, 4.69) is 5.32 Å². The molecule has 0 saturated heterocycles. The average Bonchev–Trinajstić information content (AvgIpc) is 2.64. The van der Waals surface area contributed by atoms with Crippen LogP contribution in [0.4, 0.5) is 5.00 Å². The molecule has 0 unspecified atom stereocenters. The molecular formula is C11H15N3O4S. The molecule has 104 valence electrons. The number of hydrazine groups is 1. The number of nitrogens with one attached hydrogen (secondary N) is 2. The van der Waals surface area contributed by atoms with Crippen molar-refractivity contribution >= 4 is 34.1 Å². The van der Waals surface area contributed by atoms with Crippen LogP contribution in [0.2, 0.25) is 0 Å². The molecule has 4 N–H and O–H groups in total. The molecule has 1 aromatic heterocycles. The number of thiophene rings is 1. The summed E-state index contributed by atoms with van der Waals surface area (Å²) in [5.74, 6) is 2.40. The van der Waals surface area contributed by atoms with Gasteiger partial charge in [0.05, 0.1) is 12.2 Å². The fourth-order valence-corrected chi connectivity index (χ4v) is 2.43. The van der Waals surface area contributed by atoms with Crippen molar-refractivity contribution in [3.05, 3.63) is 16.0 Å². The first-order chi connectivity index (χ1) is 8.92. The molecule has 8 heteroatoms. The molecule has 0 bridgehead atoms. The zero-order valence-corrected chi connectivity index (χ0v) is 11.6. The Morgan fingerprint density at radius 1 is 1.26 bits per heavy atom.